The molecule has 1 aromatic rings. The second-order valence-electron chi connectivity index (χ2n) is 6.50. The largest absolute Gasteiger partial charge is 0.381 e. The highest BCUT2D eigenvalue weighted by Gasteiger charge is 2.16. The summed E-state index contributed by atoms with van der Waals surface area (Å²) in [6, 6.07) is 8.17. The summed E-state index contributed by atoms with van der Waals surface area (Å²) < 4.78 is 5.37. The zero-order valence-corrected chi connectivity index (χ0v) is 14.5. The van der Waals surface area contributed by atoms with Crippen molar-refractivity contribution < 1.29 is 9.53 Å². The maximum atomic E-state index is 12.2. The van der Waals surface area contributed by atoms with Crippen molar-refractivity contribution in [1.29, 1.82) is 0 Å². The van der Waals surface area contributed by atoms with Crippen LogP contribution in [0.15, 0.2) is 24.3 Å². The number of hydrogen-bond acceptors (Lipinski definition) is 2. The van der Waals surface area contributed by atoms with Gasteiger partial charge in [0.15, 0.2) is 0 Å². The number of unbranched alkanes of at least 4 members (excludes halogenated alkanes) is 1. The van der Waals surface area contributed by atoms with Crippen LogP contribution in [0.5, 0.6) is 0 Å². The van der Waals surface area contributed by atoms with Gasteiger partial charge in [-0.05, 0) is 55.7 Å². The molecule has 1 aromatic carbocycles. The van der Waals surface area contributed by atoms with Crippen molar-refractivity contribution in [2.24, 2.45) is 5.92 Å². The van der Waals surface area contributed by atoms with Crippen LogP contribution in [-0.2, 0) is 11.2 Å². The molecule has 0 spiro atoms. The number of benzene rings is 1. The Morgan fingerprint density at radius 3 is 2.61 bits per heavy atom. The van der Waals surface area contributed by atoms with Gasteiger partial charge in [0, 0.05) is 32.5 Å². The molecule has 0 bridgehead atoms. The third-order valence-electron chi connectivity index (χ3n) is 4.58. The highest BCUT2D eigenvalue weighted by atomic mass is 16.5. The highest BCUT2D eigenvalue weighted by Crippen LogP contribution is 2.19. The lowest BCUT2D eigenvalue weighted by atomic mass is 9.96. The van der Waals surface area contributed by atoms with Gasteiger partial charge < -0.3 is 15.0 Å². The van der Waals surface area contributed by atoms with Crippen LogP contribution in [0, 0.1) is 5.92 Å². The number of nitrogens with zero attached hydrogens (tertiary/aromatic N) is 1. The number of amides is 2. The Morgan fingerprint density at radius 2 is 1.96 bits per heavy atom. The number of carbonyl (C=O) groups is 1. The van der Waals surface area contributed by atoms with E-state index in [0.29, 0.717) is 5.92 Å². The molecular formula is C19H30N2O2. The van der Waals surface area contributed by atoms with Crippen molar-refractivity contribution in [3.05, 3.63) is 29.8 Å². The molecule has 128 valence electrons. The minimum Gasteiger partial charge on any atom is -0.381 e. The molecule has 0 aromatic heterocycles. The number of hydrogen-bond donors (Lipinski definition) is 1. The Kier molecular flexibility index (Phi) is 7.40. The molecule has 0 unspecified atom stereocenters. The molecule has 4 nitrogen and oxygen atoms in total. The Hall–Kier alpha value is -1.55. The lowest BCUT2D eigenvalue weighted by molar-refractivity contribution is 0.0621. The fraction of sp³-hybridized carbons (Fsp3) is 0.632. The minimum atomic E-state index is -0.0293. The van der Waals surface area contributed by atoms with E-state index in [1.165, 1.54) is 18.4 Å². The van der Waals surface area contributed by atoms with Crippen LogP contribution >= 0.6 is 0 Å². The van der Waals surface area contributed by atoms with Crippen LogP contribution in [0.1, 0.15) is 44.6 Å². The summed E-state index contributed by atoms with van der Waals surface area (Å²) in [5.74, 6) is 0.692. The Balaban J connectivity index is 1.73. The molecular weight excluding hydrogens is 288 g/mol. The van der Waals surface area contributed by atoms with Crippen LogP contribution in [0.2, 0.25) is 0 Å². The number of aryl methyl sites for hydroxylation is 1. The predicted molar refractivity (Wildman–Crippen MR) is 94.9 cm³/mol. The monoisotopic (exact) mass is 318 g/mol. The maximum Gasteiger partial charge on any atom is 0.321 e. The number of nitrogens with one attached hydrogen (secondary N) is 1. The molecule has 1 saturated heterocycles. The summed E-state index contributed by atoms with van der Waals surface area (Å²) in [5, 5.41) is 2.98. The first-order valence-corrected chi connectivity index (χ1v) is 8.88. The van der Waals surface area contributed by atoms with Crippen LogP contribution in [0.25, 0.3) is 0 Å². The lowest BCUT2D eigenvalue weighted by Gasteiger charge is -2.25. The van der Waals surface area contributed by atoms with Crippen LogP contribution in [-0.4, -0.2) is 37.7 Å². The standard InChI is InChI=1S/C19H30N2O2/c1-3-4-5-16-6-8-18(9-7-16)20-19(22)21(2)13-10-17-11-14-23-15-12-17/h6-9,17H,3-5,10-15H2,1-2H3,(H,20,22). The van der Waals surface area contributed by atoms with E-state index in [1.54, 1.807) is 4.90 Å². The topological polar surface area (TPSA) is 41.6 Å². The molecule has 1 heterocycles. The van der Waals surface area contributed by atoms with Gasteiger partial charge in [0.2, 0.25) is 0 Å². The number of anilines is 1. The molecule has 1 fully saturated rings. The van der Waals surface area contributed by atoms with Crippen LogP contribution < -0.4 is 5.32 Å². The van der Waals surface area contributed by atoms with E-state index < -0.39 is 0 Å². The predicted octanol–water partition coefficient (Wildman–Crippen LogP) is 4.31. The van der Waals surface area contributed by atoms with Gasteiger partial charge in [-0.25, -0.2) is 4.79 Å². The Bertz CT molecular complexity index is 467. The molecule has 0 saturated carbocycles. The number of rotatable bonds is 7. The van der Waals surface area contributed by atoms with Crippen molar-refractivity contribution in [2.45, 2.75) is 45.4 Å². The third-order valence-corrected chi connectivity index (χ3v) is 4.58. The van der Waals surface area contributed by atoms with Crippen molar-refractivity contribution >= 4 is 11.7 Å². The average Bonchev–Trinajstić information content (AvgIpc) is 2.60. The molecule has 2 amide bonds. The van der Waals surface area contributed by atoms with Gasteiger partial charge >= 0.3 is 6.03 Å². The second-order valence-corrected chi connectivity index (χ2v) is 6.50. The molecule has 2 rings (SSSR count). The van der Waals surface area contributed by atoms with E-state index in [9.17, 15) is 4.79 Å². The van der Waals surface area contributed by atoms with Gasteiger partial charge in [0.05, 0.1) is 0 Å². The van der Waals surface area contributed by atoms with E-state index in [0.717, 1.165) is 51.1 Å². The zero-order valence-electron chi connectivity index (χ0n) is 14.5. The SMILES string of the molecule is CCCCc1ccc(NC(=O)N(C)CCC2CCOCC2)cc1. The molecule has 1 N–H and O–H groups in total. The molecule has 0 radical (unpaired) electrons. The quantitative estimate of drug-likeness (QED) is 0.814. The normalized spacial score (nSPS) is 15.4. The summed E-state index contributed by atoms with van der Waals surface area (Å²) >= 11 is 0. The van der Waals surface area contributed by atoms with E-state index in [4.69, 9.17) is 4.74 Å². The van der Waals surface area contributed by atoms with Gasteiger partial charge in [-0.15, -0.1) is 0 Å². The van der Waals surface area contributed by atoms with Crippen molar-refractivity contribution in [2.75, 3.05) is 32.1 Å². The highest BCUT2D eigenvalue weighted by molar-refractivity contribution is 5.89. The zero-order chi connectivity index (χ0) is 16.5. The van der Waals surface area contributed by atoms with Gasteiger partial charge in [-0.1, -0.05) is 25.5 Å². The number of ether oxygens (including phenoxy) is 1. The van der Waals surface area contributed by atoms with Crippen LogP contribution in [0.3, 0.4) is 0 Å². The third kappa shape index (κ3) is 6.22. The van der Waals surface area contributed by atoms with Crippen molar-refractivity contribution in [1.82, 2.24) is 4.90 Å². The van der Waals surface area contributed by atoms with Crippen molar-refractivity contribution in [3.8, 4) is 0 Å². The fourth-order valence-electron chi connectivity index (χ4n) is 2.87. The maximum absolute atomic E-state index is 12.2. The number of urea groups is 1. The lowest BCUT2D eigenvalue weighted by Crippen LogP contribution is -2.33. The Labute approximate surface area is 140 Å². The second kappa shape index (κ2) is 9.56. The number of carbonyl (C=O) groups excluding carboxylic acids is 1. The van der Waals surface area contributed by atoms with Crippen LogP contribution in [0.4, 0.5) is 10.5 Å². The molecule has 4 heteroatoms. The summed E-state index contributed by atoms with van der Waals surface area (Å²) in [5.41, 5.74) is 2.20. The minimum absolute atomic E-state index is 0.0293. The van der Waals surface area contributed by atoms with E-state index in [2.05, 4.69) is 24.4 Å². The fourth-order valence-corrected chi connectivity index (χ4v) is 2.87. The summed E-state index contributed by atoms with van der Waals surface area (Å²) in [4.78, 5) is 14.0. The molecule has 1 aliphatic rings. The van der Waals surface area contributed by atoms with E-state index >= 15 is 0 Å². The van der Waals surface area contributed by atoms with Gasteiger partial charge in [0.25, 0.3) is 0 Å². The summed E-state index contributed by atoms with van der Waals surface area (Å²) in [7, 11) is 1.87. The van der Waals surface area contributed by atoms with Crippen molar-refractivity contribution in [3.63, 3.8) is 0 Å². The van der Waals surface area contributed by atoms with E-state index in [1.807, 2.05) is 19.2 Å². The average molecular weight is 318 g/mol. The van der Waals surface area contributed by atoms with E-state index in [-0.39, 0.29) is 6.03 Å². The summed E-state index contributed by atoms with van der Waals surface area (Å²) in [6.07, 6.45) is 6.82. The Morgan fingerprint density at radius 1 is 1.26 bits per heavy atom. The molecule has 0 aliphatic carbocycles. The van der Waals surface area contributed by atoms with Gasteiger partial charge in [-0.2, -0.15) is 0 Å². The molecule has 1 aliphatic heterocycles. The smallest absolute Gasteiger partial charge is 0.321 e. The molecule has 23 heavy (non-hydrogen) atoms. The molecule has 0 atom stereocenters. The summed E-state index contributed by atoms with van der Waals surface area (Å²) in [6.45, 7) is 4.73. The van der Waals surface area contributed by atoms with Gasteiger partial charge in [0.1, 0.15) is 0 Å². The first-order valence-electron chi connectivity index (χ1n) is 8.88. The first kappa shape index (κ1) is 17.8. The van der Waals surface area contributed by atoms with Gasteiger partial charge in [-0.3, -0.25) is 0 Å². The first-order chi connectivity index (χ1) is 11.2.